The van der Waals surface area contributed by atoms with Gasteiger partial charge in [0.15, 0.2) is 0 Å². The maximum Gasteiger partial charge on any atom is 0.242 e. The summed E-state index contributed by atoms with van der Waals surface area (Å²) >= 11 is 0. The summed E-state index contributed by atoms with van der Waals surface area (Å²) in [6.45, 7) is 1.27. The predicted molar refractivity (Wildman–Crippen MR) is 57.7 cm³/mol. The van der Waals surface area contributed by atoms with Gasteiger partial charge < -0.3 is 10.8 Å². The summed E-state index contributed by atoms with van der Waals surface area (Å²) in [7, 11) is -3.88. The molecule has 0 fully saturated rings. The van der Waals surface area contributed by atoms with E-state index in [0.29, 0.717) is 0 Å². The molecule has 1 atom stereocenters. The highest BCUT2D eigenvalue weighted by molar-refractivity contribution is 7.89. The fourth-order valence-corrected chi connectivity index (χ4v) is 2.31. The largest absolute Gasteiger partial charge is 0.398 e. The van der Waals surface area contributed by atoms with Crippen LogP contribution in [0.15, 0.2) is 23.1 Å². The van der Waals surface area contributed by atoms with Crippen LogP contribution in [0.25, 0.3) is 0 Å². The second kappa shape index (κ2) is 4.77. The lowest BCUT2D eigenvalue weighted by Crippen LogP contribution is -2.31. The minimum Gasteiger partial charge on any atom is -0.398 e. The molecule has 0 saturated heterocycles. The van der Waals surface area contributed by atoms with Crippen LogP contribution in [0.4, 0.5) is 10.1 Å². The van der Waals surface area contributed by atoms with Crippen LogP contribution in [0, 0.1) is 5.82 Å². The molecule has 1 aromatic rings. The molecule has 0 bridgehead atoms. The van der Waals surface area contributed by atoms with E-state index in [4.69, 9.17) is 10.8 Å². The highest BCUT2D eigenvalue weighted by Gasteiger charge is 2.18. The van der Waals surface area contributed by atoms with Gasteiger partial charge in [0.1, 0.15) is 10.7 Å². The van der Waals surface area contributed by atoms with Crippen molar-refractivity contribution in [1.29, 1.82) is 0 Å². The van der Waals surface area contributed by atoms with Gasteiger partial charge in [0, 0.05) is 6.54 Å². The molecule has 1 aromatic carbocycles. The van der Waals surface area contributed by atoms with Crippen molar-refractivity contribution in [2.45, 2.75) is 17.9 Å². The number of halogens is 1. The number of anilines is 1. The Morgan fingerprint density at radius 2 is 2.19 bits per heavy atom. The van der Waals surface area contributed by atoms with Gasteiger partial charge in [0.25, 0.3) is 0 Å². The molecule has 16 heavy (non-hydrogen) atoms. The van der Waals surface area contributed by atoms with E-state index >= 15 is 0 Å². The summed E-state index contributed by atoms with van der Waals surface area (Å²) in [4.78, 5) is -0.326. The molecule has 0 aromatic heterocycles. The van der Waals surface area contributed by atoms with Gasteiger partial charge in [-0.2, -0.15) is 0 Å². The van der Waals surface area contributed by atoms with Crippen LogP contribution in [-0.2, 0) is 10.0 Å². The summed E-state index contributed by atoms with van der Waals surface area (Å²) < 4.78 is 38.3. The van der Waals surface area contributed by atoms with Crippen LogP contribution in [0.1, 0.15) is 6.92 Å². The maximum absolute atomic E-state index is 12.9. The first-order chi connectivity index (χ1) is 7.33. The highest BCUT2D eigenvalue weighted by atomic mass is 32.2. The van der Waals surface area contributed by atoms with E-state index < -0.39 is 21.9 Å². The van der Waals surface area contributed by atoms with Crippen molar-refractivity contribution in [1.82, 2.24) is 4.72 Å². The van der Waals surface area contributed by atoms with E-state index in [1.54, 1.807) is 0 Å². The SMILES string of the molecule is C[C@@H](O)CNS(=O)(=O)c1cc(F)ccc1N. The van der Waals surface area contributed by atoms with Crippen molar-refractivity contribution in [2.24, 2.45) is 0 Å². The molecule has 5 nitrogen and oxygen atoms in total. The Morgan fingerprint density at radius 1 is 1.56 bits per heavy atom. The molecule has 90 valence electrons. The van der Waals surface area contributed by atoms with Gasteiger partial charge in [-0.05, 0) is 25.1 Å². The second-order valence-electron chi connectivity index (χ2n) is 3.38. The van der Waals surface area contributed by atoms with E-state index in [0.717, 1.165) is 12.1 Å². The first kappa shape index (κ1) is 12.9. The molecule has 4 N–H and O–H groups in total. The number of aliphatic hydroxyl groups excluding tert-OH is 1. The molecule has 0 saturated carbocycles. The molecule has 7 heteroatoms. The van der Waals surface area contributed by atoms with Crippen LogP contribution >= 0.6 is 0 Å². The Hall–Kier alpha value is -1.18. The van der Waals surface area contributed by atoms with Gasteiger partial charge >= 0.3 is 0 Å². The second-order valence-corrected chi connectivity index (χ2v) is 5.12. The molecule has 0 radical (unpaired) electrons. The minimum atomic E-state index is -3.88. The maximum atomic E-state index is 12.9. The standard InChI is InChI=1S/C9H13FN2O3S/c1-6(13)5-12-16(14,15)9-4-7(10)2-3-8(9)11/h2-4,6,12-13H,5,11H2,1H3/t6-/m1/s1. The zero-order chi connectivity index (χ0) is 12.3. The smallest absolute Gasteiger partial charge is 0.242 e. The van der Waals surface area contributed by atoms with Gasteiger partial charge in [-0.25, -0.2) is 17.5 Å². The van der Waals surface area contributed by atoms with Gasteiger partial charge in [-0.3, -0.25) is 0 Å². The molecule has 1 rings (SSSR count). The monoisotopic (exact) mass is 248 g/mol. The van der Waals surface area contributed by atoms with Crippen molar-refractivity contribution in [2.75, 3.05) is 12.3 Å². The topological polar surface area (TPSA) is 92.4 Å². The van der Waals surface area contributed by atoms with E-state index in [1.807, 2.05) is 0 Å². The third-order valence-corrected chi connectivity index (χ3v) is 3.31. The molecule has 0 spiro atoms. The molecular weight excluding hydrogens is 235 g/mol. The van der Waals surface area contributed by atoms with Crippen molar-refractivity contribution >= 4 is 15.7 Å². The van der Waals surface area contributed by atoms with Crippen LogP contribution in [0.3, 0.4) is 0 Å². The van der Waals surface area contributed by atoms with Crippen molar-refractivity contribution in [3.8, 4) is 0 Å². The zero-order valence-corrected chi connectivity index (χ0v) is 9.46. The number of nitrogens with two attached hydrogens (primary N) is 1. The predicted octanol–water partition coefficient (Wildman–Crippen LogP) is 0.0670. The molecule has 0 aliphatic heterocycles. The fourth-order valence-electron chi connectivity index (χ4n) is 1.05. The normalized spacial score (nSPS) is 13.7. The van der Waals surface area contributed by atoms with Gasteiger partial charge in [-0.15, -0.1) is 0 Å². The molecule has 0 unspecified atom stereocenters. The highest BCUT2D eigenvalue weighted by Crippen LogP contribution is 2.18. The average Bonchev–Trinajstić information content (AvgIpc) is 2.19. The Labute approximate surface area is 93.1 Å². The summed E-state index contributed by atoms with van der Waals surface area (Å²) in [5.74, 6) is -0.688. The summed E-state index contributed by atoms with van der Waals surface area (Å²) in [5.41, 5.74) is 5.39. The quantitative estimate of drug-likeness (QED) is 0.657. The van der Waals surface area contributed by atoms with Crippen LogP contribution in [0.5, 0.6) is 0 Å². The molecule has 0 heterocycles. The van der Waals surface area contributed by atoms with Crippen LogP contribution in [0.2, 0.25) is 0 Å². The Kier molecular flexibility index (Phi) is 3.84. The van der Waals surface area contributed by atoms with Gasteiger partial charge in [0.05, 0.1) is 11.8 Å². The number of sulfonamides is 1. The summed E-state index contributed by atoms with van der Waals surface area (Å²) in [5, 5.41) is 8.95. The number of aliphatic hydroxyl groups is 1. The lowest BCUT2D eigenvalue weighted by atomic mass is 10.3. The van der Waals surface area contributed by atoms with E-state index in [2.05, 4.69) is 4.72 Å². The van der Waals surface area contributed by atoms with Crippen molar-refractivity contribution in [3.05, 3.63) is 24.0 Å². The summed E-state index contributed by atoms with van der Waals surface area (Å²) in [6.07, 6.45) is -0.829. The number of hydrogen-bond acceptors (Lipinski definition) is 4. The van der Waals surface area contributed by atoms with Crippen molar-refractivity contribution in [3.63, 3.8) is 0 Å². The molecular formula is C9H13FN2O3S. The van der Waals surface area contributed by atoms with Gasteiger partial charge in [0.2, 0.25) is 10.0 Å². The number of rotatable bonds is 4. The Balaban J connectivity index is 3.02. The average molecular weight is 248 g/mol. The molecule has 0 aliphatic rings. The Morgan fingerprint density at radius 3 is 2.75 bits per heavy atom. The lowest BCUT2D eigenvalue weighted by molar-refractivity contribution is 0.198. The lowest BCUT2D eigenvalue weighted by Gasteiger charge is -2.10. The first-order valence-corrected chi connectivity index (χ1v) is 6.04. The van der Waals surface area contributed by atoms with Crippen molar-refractivity contribution < 1.29 is 17.9 Å². The number of hydrogen-bond donors (Lipinski definition) is 3. The van der Waals surface area contributed by atoms with Crippen LogP contribution in [-0.4, -0.2) is 26.2 Å². The third kappa shape index (κ3) is 3.16. The van der Waals surface area contributed by atoms with E-state index in [9.17, 15) is 12.8 Å². The number of benzene rings is 1. The molecule has 0 aliphatic carbocycles. The number of nitrogens with one attached hydrogen (secondary N) is 1. The molecule has 0 amide bonds. The third-order valence-electron chi connectivity index (χ3n) is 1.83. The van der Waals surface area contributed by atoms with Gasteiger partial charge in [-0.1, -0.05) is 0 Å². The zero-order valence-electron chi connectivity index (χ0n) is 8.64. The van der Waals surface area contributed by atoms with Crippen LogP contribution < -0.4 is 10.5 Å². The first-order valence-electron chi connectivity index (χ1n) is 4.55. The van der Waals surface area contributed by atoms with E-state index in [-0.39, 0.29) is 17.1 Å². The summed E-state index contributed by atoms with van der Waals surface area (Å²) in [6, 6.07) is 3.08. The Bertz CT molecular complexity index is 474. The number of nitrogen functional groups attached to an aromatic ring is 1. The fraction of sp³-hybridized carbons (Fsp3) is 0.333. The minimum absolute atomic E-state index is 0.0421. The van der Waals surface area contributed by atoms with E-state index in [1.165, 1.54) is 13.0 Å².